The SMILES string of the molecule is Oc1c(O)c(O)c2c(c1O)c1c(O)c(O)c(O)c(O)c1n2-c1ccc2oc3c(-c4nc(-c5ccccc5)nc(-c5ccc6c(c5)oc5ccccc56)n4)cccc3c2c1. The number of phenolic OH excluding ortho intramolecular Hbond substituents is 8. The van der Waals surface area contributed by atoms with Gasteiger partial charge in [-0.15, -0.1) is 0 Å². The van der Waals surface area contributed by atoms with Gasteiger partial charge in [0.2, 0.25) is 23.0 Å². The summed E-state index contributed by atoms with van der Waals surface area (Å²) in [4.78, 5) is 14.7. The lowest BCUT2D eigenvalue weighted by atomic mass is 10.1. The molecule has 0 aliphatic rings. The van der Waals surface area contributed by atoms with Crippen molar-refractivity contribution in [3.63, 3.8) is 0 Å². The molecule has 0 fully saturated rings. The van der Waals surface area contributed by atoms with Crippen LogP contribution in [0.3, 0.4) is 0 Å². The first-order chi connectivity index (χ1) is 28.6. The number of nitrogens with zero attached hydrogens (tertiary/aromatic N) is 4. The van der Waals surface area contributed by atoms with E-state index in [4.69, 9.17) is 23.8 Å². The summed E-state index contributed by atoms with van der Waals surface area (Å²) in [6.45, 7) is 0. The van der Waals surface area contributed by atoms with E-state index in [9.17, 15) is 40.9 Å². The van der Waals surface area contributed by atoms with E-state index in [2.05, 4.69) is 0 Å². The maximum Gasteiger partial charge on any atom is 0.206 e. The first kappa shape index (κ1) is 33.7. The topological polar surface area (TPSA) is 232 Å². The first-order valence-electron chi connectivity index (χ1n) is 18.1. The lowest BCUT2D eigenvalue weighted by Crippen LogP contribution is -2.00. The normalized spacial score (nSPS) is 11.9. The van der Waals surface area contributed by atoms with Crippen LogP contribution in [0, 0.1) is 0 Å². The number of aromatic hydroxyl groups is 8. The van der Waals surface area contributed by atoms with Crippen LogP contribution in [0.1, 0.15) is 0 Å². The van der Waals surface area contributed by atoms with E-state index < -0.39 is 56.8 Å². The quantitative estimate of drug-likeness (QED) is 0.0615. The van der Waals surface area contributed by atoms with E-state index in [1.807, 2.05) is 84.9 Å². The molecule has 8 N–H and O–H groups in total. The summed E-state index contributed by atoms with van der Waals surface area (Å²) in [7, 11) is 0. The van der Waals surface area contributed by atoms with Gasteiger partial charge >= 0.3 is 0 Å². The first-order valence-corrected chi connectivity index (χ1v) is 18.1. The Morgan fingerprint density at radius 2 is 0.966 bits per heavy atom. The molecule has 0 saturated carbocycles. The molecule has 0 unspecified atom stereocenters. The van der Waals surface area contributed by atoms with Gasteiger partial charge in [-0.25, -0.2) is 15.0 Å². The minimum absolute atomic E-state index is 0.181. The van der Waals surface area contributed by atoms with Gasteiger partial charge in [0.25, 0.3) is 0 Å². The van der Waals surface area contributed by atoms with Crippen LogP contribution in [0.15, 0.2) is 118 Å². The molecule has 0 aliphatic carbocycles. The van der Waals surface area contributed by atoms with Gasteiger partial charge in [-0.05, 0) is 42.5 Å². The molecule has 11 rings (SSSR count). The van der Waals surface area contributed by atoms with Crippen molar-refractivity contribution in [1.82, 2.24) is 19.5 Å². The predicted octanol–water partition coefficient (Wildman–Crippen LogP) is 9.41. The van der Waals surface area contributed by atoms with Crippen LogP contribution in [-0.4, -0.2) is 60.4 Å². The number of hydrogen-bond donors (Lipinski definition) is 8. The van der Waals surface area contributed by atoms with Crippen molar-refractivity contribution in [2.45, 2.75) is 0 Å². The molecular formula is C45H26N4O10. The fourth-order valence-corrected chi connectivity index (χ4v) is 7.96. The number of rotatable bonds is 4. The minimum atomic E-state index is -1.11. The molecule has 59 heavy (non-hydrogen) atoms. The summed E-state index contributed by atoms with van der Waals surface area (Å²) < 4.78 is 13.8. The maximum atomic E-state index is 11.2. The highest BCUT2D eigenvalue weighted by Gasteiger charge is 2.32. The zero-order valence-electron chi connectivity index (χ0n) is 30.1. The molecule has 0 radical (unpaired) electrons. The third kappa shape index (κ3) is 4.64. The molecule has 0 saturated heterocycles. The van der Waals surface area contributed by atoms with Gasteiger partial charge in [-0.1, -0.05) is 66.7 Å². The van der Waals surface area contributed by atoms with E-state index in [-0.39, 0.29) is 16.7 Å². The molecule has 0 amide bonds. The second-order valence-electron chi connectivity index (χ2n) is 14.0. The van der Waals surface area contributed by atoms with E-state index in [1.165, 1.54) is 6.07 Å². The lowest BCUT2D eigenvalue weighted by Gasteiger charge is -2.12. The van der Waals surface area contributed by atoms with Crippen LogP contribution in [-0.2, 0) is 0 Å². The summed E-state index contributed by atoms with van der Waals surface area (Å²) in [6.07, 6.45) is 0. The highest BCUT2D eigenvalue weighted by atomic mass is 16.4. The van der Waals surface area contributed by atoms with Crippen molar-refractivity contribution >= 4 is 65.7 Å². The van der Waals surface area contributed by atoms with Gasteiger partial charge in [0.15, 0.2) is 40.5 Å². The minimum Gasteiger partial charge on any atom is -0.504 e. The molecule has 11 aromatic rings. The summed E-state index contributed by atoms with van der Waals surface area (Å²) >= 11 is 0. The third-order valence-electron chi connectivity index (χ3n) is 10.7. The van der Waals surface area contributed by atoms with Gasteiger partial charge in [0.05, 0.1) is 16.3 Å². The fourth-order valence-electron chi connectivity index (χ4n) is 7.96. The van der Waals surface area contributed by atoms with Crippen molar-refractivity contribution < 1.29 is 49.7 Å². The summed E-state index contributed by atoms with van der Waals surface area (Å²) in [5.41, 5.74) is 3.70. The van der Waals surface area contributed by atoms with Crippen LogP contribution in [0.25, 0.3) is 106 Å². The van der Waals surface area contributed by atoms with Crippen LogP contribution in [0.5, 0.6) is 46.0 Å². The molecule has 4 heterocycles. The number of furan rings is 2. The monoisotopic (exact) mass is 782 g/mol. The number of aromatic nitrogens is 4. The van der Waals surface area contributed by atoms with Crippen molar-refractivity contribution in [1.29, 1.82) is 0 Å². The standard InChI is InChI=1S/C45H26N4O10/c50-34-30-31-33(37(53)41(57)39(55)35(31)51)49(32(30)36(52)40(56)38(34)54)21-14-16-28-26(18-21)24-10-6-11-25(42(24)59-28)45-47-43(19-7-2-1-3-8-19)46-44(48-45)20-13-15-23-22-9-4-5-12-27(22)58-29(23)17-20/h1-18,50-57H. The van der Waals surface area contributed by atoms with E-state index in [0.717, 1.165) is 26.5 Å². The van der Waals surface area contributed by atoms with Crippen molar-refractivity contribution in [3.05, 3.63) is 109 Å². The molecule has 4 aromatic heterocycles. The Kier molecular flexibility index (Phi) is 6.81. The Bertz CT molecular complexity index is 3530. The molecular weight excluding hydrogens is 757 g/mol. The number of para-hydroxylation sites is 2. The molecule has 14 nitrogen and oxygen atoms in total. The number of fused-ring (bicyclic) bond motifs is 9. The van der Waals surface area contributed by atoms with Gasteiger partial charge in [0.1, 0.15) is 33.4 Å². The van der Waals surface area contributed by atoms with E-state index in [0.29, 0.717) is 56.1 Å². The number of benzene rings is 7. The van der Waals surface area contributed by atoms with Crippen LogP contribution < -0.4 is 0 Å². The van der Waals surface area contributed by atoms with Crippen molar-refractivity contribution in [3.8, 4) is 85.8 Å². The Labute approximate surface area is 329 Å². The van der Waals surface area contributed by atoms with Crippen LogP contribution in [0.4, 0.5) is 0 Å². The predicted molar refractivity (Wildman–Crippen MR) is 218 cm³/mol. The summed E-state index contributed by atoms with van der Waals surface area (Å²) in [5.74, 6) is -7.06. The highest BCUT2D eigenvalue weighted by molar-refractivity contribution is 6.21. The molecule has 0 spiro atoms. The van der Waals surface area contributed by atoms with Crippen molar-refractivity contribution in [2.24, 2.45) is 0 Å². The summed E-state index contributed by atoms with van der Waals surface area (Å²) in [5, 5.41) is 88.5. The number of hydrogen-bond acceptors (Lipinski definition) is 13. The number of phenols is 8. The average molecular weight is 783 g/mol. The maximum absolute atomic E-state index is 11.2. The molecule has 14 heteroatoms. The summed E-state index contributed by atoms with van der Waals surface area (Å²) in [6, 6.07) is 33.3. The highest BCUT2D eigenvalue weighted by Crippen LogP contribution is 2.59. The Morgan fingerprint density at radius 3 is 1.68 bits per heavy atom. The van der Waals surface area contributed by atoms with Gasteiger partial charge in [-0.3, -0.25) is 0 Å². The van der Waals surface area contributed by atoms with Crippen molar-refractivity contribution in [2.75, 3.05) is 0 Å². The molecule has 0 bridgehead atoms. The largest absolute Gasteiger partial charge is 0.504 e. The van der Waals surface area contributed by atoms with E-state index >= 15 is 0 Å². The smallest absolute Gasteiger partial charge is 0.206 e. The van der Waals surface area contributed by atoms with Gasteiger partial charge < -0.3 is 54.3 Å². The molecule has 7 aromatic carbocycles. The Morgan fingerprint density at radius 1 is 0.390 bits per heavy atom. The van der Waals surface area contributed by atoms with Crippen LogP contribution in [0.2, 0.25) is 0 Å². The molecule has 0 atom stereocenters. The Hall–Kier alpha value is -8.65. The van der Waals surface area contributed by atoms with Crippen LogP contribution >= 0.6 is 0 Å². The van der Waals surface area contributed by atoms with Gasteiger partial charge in [0, 0.05) is 38.4 Å². The average Bonchev–Trinajstić information content (AvgIpc) is 3.96. The second-order valence-corrected chi connectivity index (χ2v) is 14.0. The molecule has 0 aliphatic heterocycles. The van der Waals surface area contributed by atoms with Gasteiger partial charge in [-0.2, -0.15) is 0 Å². The Balaban J connectivity index is 1.14. The zero-order chi connectivity index (χ0) is 40.4. The zero-order valence-corrected chi connectivity index (χ0v) is 30.1. The second kappa shape index (κ2) is 11.9. The lowest BCUT2D eigenvalue weighted by molar-refractivity contribution is 0.350. The fraction of sp³-hybridized carbons (Fsp3) is 0. The van der Waals surface area contributed by atoms with E-state index in [1.54, 1.807) is 18.2 Å². The molecule has 286 valence electrons. The third-order valence-corrected chi connectivity index (χ3v) is 10.7.